The van der Waals surface area contributed by atoms with Crippen molar-refractivity contribution in [2.24, 2.45) is 0 Å². The van der Waals surface area contributed by atoms with E-state index in [0.717, 1.165) is 89.9 Å². The number of phosphoric ester groups is 1. The number of hydrogen-bond acceptors (Lipinski definition) is 7. The number of carbonyl (C=O) groups is 1. The van der Waals surface area contributed by atoms with Gasteiger partial charge in [-0.05, 0) is 89.9 Å². The van der Waals surface area contributed by atoms with E-state index in [4.69, 9.17) is 18.5 Å². The van der Waals surface area contributed by atoms with Crippen LogP contribution in [0.2, 0.25) is 0 Å². The molecule has 0 saturated carbocycles. The number of rotatable bonds is 49. The van der Waals surface area contributed by atoms with Crippen LogP contribution in [0.25, 0.3) is 0 Å². The first-order chi connectivity index (χ1) is 32.6. The van der Waals surface area contributed by atoms with Crippen molar-refractivity contribution in [1.82, 2.24) is 0 Å². The van der Waals surface area contributed by atoms with E-state index >= 15 is 0 Å². The molecule has 386 valence electrons. The van der Waals surface area contributed by atoms with Crippen molar-refractivity contribution in [3.8, 4) is 0 Å². The molecule has 0 aromatic carbocycles. The van der Waals surface area contributed by atoms with Crippen molar-refractivity contribution in [3.63, 3.8) is 0 Å². The summed E-state index contributed by atoms with van der Waals surface area (Å²) in [5, 5.41) is 0. The van der Waals surface area contributed by atoms with Gasteiger partial charge in [-0.2, -0.15) is 0 Å². The predicted molar refractivity (Wildman–Crippen MR) is 286 cm³/mol. The minimum Gasteiger partial charge on any atom is -0.756 e. The van der Waals surface area contributed by atoms with Crippen LogP contribution in [0, 0.1) is 0 Å². The Morgan fingerprint density at radius 2 is 0.821 bits per heavy atom. The Morgan fingerprint density at radius 3 is 1.22 bits per heavy atom. The van der Waals surface area contributed by atoms with Crippen LogP contribution in [0.5, 0.6) is 0 Å². The summed E-state index contributed by atoms with van der Waals surface area (Å²) in [5.41, 5.74) is 0. The number of ether oxygens (including phenoxy) is 2. The molecule has 0 amide bonds. The van der Waals surface area contributed by atoms with E-state index in [9.17, 15) is 14.3 Å². The van der Waals surface area contributed by atoms with E-state index in [-0.39, 0.29) is 25.8 Å². The van der Waals surface area contributed by atoms with Crippen molar-refractivity contribution in [3.05, 3.63) is 97.2 Å². The van der Waals surface area contributed by atoms with Gasteiger partial charge in [0.05, 0.1) is 34.4 Å². The summed E-state index contributed by atoms with van der Waals surface area (Å²) in [5.74, 6) is -0.346. The Bertz CT molecular complexity index is 1390. The van der Waals surface area contributed by atoms with Gasteiger partial charge in [-0.3, -0.25) is 9.36 Å². The zero-order chi connectivity index (χ0) is 49.0. The lowest BCUT2D eigenvalue weighted by atomic mass is 10.1. The third kappa shape index (κ3) is 54.2. The number of quaternary nitrogens is 1. The highest BCUT2D eigenvalue weighted by atomic mass is 31.2. The van der Waals surface area contributed by atoms with Crippen LogP contribution in [-0.2, 0) is 27.9 Å². The monoisotopic (exact) mass is 956 g/mol. The van der Waals surface area contributed by atoms with Gasteiger partial charge in [0.1, 0.15) is 19.3 Å². The lowest BCUT2D eigenvalue weighted by molar-refractivity contribution is -0.870. The van der Waals surface area contributed by atoms with Crippen molar-refractivity contribution in [2.45, 2.75) is 213 Å². The molecule has 0 radical (unpaired) electrons. The molecular formula is C58H102NO7P. The molecule has 9 heteroatoms. The molecule has 0 aliphatic carbocycles. The third-order valence-corrected chi connectivity index (χ3v) is 12.1. The number of phosphoric acid groups is 1. The Balaban J connectivity index is 4.15. The van der Waals surface area contributed by atoms with Crippen LogP contribution in [-0.4, -0.2) is 70.7 Å². The van der Waals surface area contributed by atoms with Crippen molar-refractivity contribution >= 4 is 13.8 Å². The summed E-state index contributed by atoms with van der Waals surface area (Å²) in [6, 6.07) is 0. The highest BCUT2D eigenvalue weighted by molar-refractivity contribution is 7.45. The largest absolute Gasteiger partial charge is 0.756 e. The topological polar surface area (TPSA) is 94.1 Å². The Kier molecular flexibility index (Phi) is 47.9. The number of likely N-dealkylation sites (N-methyl/N-ethyl adjacent to an activating group) is 1. The second kappa shape index (κ2) is 49.8. The Hall–Kier alpha value is -2.58. The normalized spacial score (nSPS) is 14.3. The molecule has 0 bridgehead atoms. The van der Waals surface area contributed by atoms with E-state index in [1.807, 2.05) is 21.1 Å². The van der Waals surface area contributed by atoms with Crippen molar-refractivity contribution in [1.29, 1.82) is 0 Å². The molecule has 0 N–H and O–H groups in total. The third-order valence-electron chi connectivity index (χ3n) is 11.1. The molecule has 0 aromatic rings. The maximum atomic E-state index is 12.8. The number of carbonyl (C=O) groups excluding carboxylic acids is 1. The summed E-state index contributed by atoms with van der Waals surface area (Å²) in [7, 11) is 1.34. The SMILES string of the molecule is CC/C=C\C/C=C\C/C=C\C/C=C\CCCCCCCCCCCCCOCC(COP(=O)([O-])OCC[N+](C)(C)C)OC(=O)CCCCCCCCCC/C=C\C/C=C\C/C=C\C/C=C\CC. The first-order valence-corrected chi connectivity index (χ1v) is 28.4. The number of nitrogens with zero attached hydrogens (tertiary/aromatic N) is 1. The molecule has 2 atom stereocenters. The molecule has 2 unspecified atom stereocenters. The second-order valence-electron chi connectivity index (χ2n) is 18.8. The molecule has 0 spiro atoms. The van der Waals surface area contributed by atoms with Gasteiger partial charge in [-0.15, -0.1) is 0 Å². The van der Waals surface area contributed by atoms with Gasteiger partial charge in [-0.25, -0.2) is 0 Å². The minimum atomic E-state index is -4.54. The maximum absolute atomic E-state index is 12.8. The van der Waals surface area contributed by atoms with Gasteiger partial charge in [0.25, 0.3) is 7.82 Å². The van der Waals surface area contributed by atoms with Crippen LogP contribution in [0.15, 0.2) is 97.2 Å². The standard InChI is InChI=1S/C58H102NO7P/c1-6-8-10-12-14-16-18-20-22-24-26-28-29-30-32-34-36-38-40-42-44-46-48-50-53-63-55-57(56-65-67(61,62)64-54-52-59(3,4)5)66-58(60)51-49-47-45-43-41-39-37-35-33-31-27-25-23-21-19-17-15-13-11-9-7-2/h8-11,14-17,20-23,26-28,31,57H,6-7,12-13,18-19,24-25,29-30,32-56H2,1-5H3/b10-8-,11-9-,16-14-,17-15-,22-20-,23-21-,28-26-,31-27-. The summed E-state index contributed by atoms with van der Waals surface area (Å²) in [4.78, 5) is 25.2. The molecule has 8 nitrogen and oxygen atoms in total. The van der Waals surface area contributed by atoms with Gasteiger partial charge < -0.3 is 27.9 Å². The number of allylic oxidation sites excluding steroid dienone is 16. The van der Waals surface area contributed by atoms with Gasteiger partial charge in [0.15, 0.2) is 0 Å². The van der Waals surface area contributed by atoms with Gasteiger partial charge in [0.2, 0.25) is 0 Å². The van der Waals surface area contributed by atoms with Gasteiger partial charge in [-0.1, -0.05) is 207 Å². The van der Waals surface area contributed by atoms with E-state index < -0.39 is 13.9 Å². The molecule has 0 rings (SSSR count). The van der Waals surface area contributed by atoms with Crippen LogP contribution < -0.4 is 4.89 Å². The zero-order valence-corrected chi connectivity index (χ0v) is 44.7. The van der Waals surface area contributed by atoms with Crippen LogP contribution in [0.4, 0.5) is 0 Å². The van der Waals surface area contributed by atoms with Crippen molar-refractivity contribution in [2.75, 3.05) is 54.1 Å². The molecule has 0 fully saturated rings. The first-order valence-electron chi connectivity index (χ1n) is 27.0. The molecule has 0 heterocycles. The van der Waals surface area contributed by atoms with Crippen LogP contribution in [0.3, 0.4) is 0 Å². The molecular weight excluding hydrogens is 854 g/mol. The van der Waals surface area contributed by atoms with Crippen molar-refractivity contribution < 1.29 is 37.3 Å². The summed E-state index contributed by atoms with van der Waals surface area (Å²) < 4.78 is 34.8. The van der Waals surface area contributed by atoms with Gasteiger partial charge >= 0.3 is 5.97 Å². The zero-order valence-electron chi connectivity index (χ0n) is 43.8. The summed E-state index contributed by atoms with van der Waals surface area (Å²) in [6.07, 6.45) is 68.6. The highest BCUT2D eigenvalue weighted by Gasteiger charge is 2.20. The number of hydrogen-bond donors (Lipinski definition) is 0. The highest BCUT2D eigenvalue weighted by Crippen LogP contribution is 2.38. The lowest BCUT2D eigenvalue weighted by Gasteiger charge is -2.28. The lowest BCUT2D eigenvalue weighted by Crippen LogP contribution is -2.37. The predicted octanol–water partition coefficient (Wildman–Crippen LogP) is 16.3. The van der Waals surface area contributed by atoms with Crippen LogP contribution in [0.1, 0.15) is 206 Å². The fourth-order valence-electron chi connectivity index (χ4n) is 7.06. The second-order valence-corrected chi connectivity index (χ2v) is 20.2. The molecule has 0 aliphatic heterocycles. The summed E-state index contributed by atoms with van der Waals surface area (Å²) in [6.45, 7) is 5.17. The molecule has 0 aliphatic rings. The Morgan fingerprint density at radius 1 is 0.463 bits per heavy atom. The fourth-order valence-corrected chi connectivity index (χ4v) is 7.79. The minimum absolute atomic E-state index is 0.0189. The van der Waals surface area contributed by atoms with E-state index in [1.54, 1.807) is 0 Å². The van der Waals surface area contributed by atoms with E-state index in [0.29, 0.717) is 24.1 Å². The smallest absolute Gasteiger partial charge is 0.306 e. The number of unbranched alkanes of at least 4 members (excludes halogenated alkanes) is 19. The Labute approximate surface area is 413 Å². The summed E-state index contributed by atoms with van der Waals surface area (Å²) >= 11 is 0. The average molecular weight is 956 g/mol. The first kappa shape index (κ1) is 64.4. The molecule has 67 heavy (non-hydrogen) atoms. The quantitative estimate of drug-likeness (QED) is 0.0197. The number of esters is 1. The average Bonchev–Trinajstić information content (AvgIpc) is 3.29. The van der Waals surface area contributed by atoms with Gasteiger partial charge in [0, 0.05) is 13.0 Å². The molecule has 0 aromatic heterocycles. The fraction of sp³-hybridized carbons (Fsp3) is 0.707. The van der Waals surface area contributed by atoms with E-state index in [2.05, 4.69) is 111 Å². The molecule has 0 saturated heterocycles. The van der Waals surface area contributed by atoms with E-state index in [1.165, 1.54) is 96.3 Å². The van der Waals surface area contributed by atoms with Crippen LogP contribution >= 0.6 is 7.82 Å². The maximum Gasteiger partial charge on any atom is 0.306 e.